The van der Waals surface area contributed by atoms with Crippen LogP contribution < -0.4 is 15.4 Å². The van der Waals surface area contributed by atoms with E-state index in [1.165, 1.54) is 0 Å². The van der Waals surface area contributed by atoms with Gasteiger partial charge in [0.2, 0.25) is 5.88 Å². The van der Waals surface area contributed by atoms with E-state index >= 15 is 0 Å². The molecule has 16 heavy (non-hydrogen) atoms. The molecule has 1 aromatic heterocycles. The summed E-state index contributed by atoms with van der Waals surface area (Å²) in [5.74, 6) is 1.45. The maximum absolute atomic E-state index is 5.95. The van der Waals surface area contributed by atoms with Gasteiger partial charge in [0.05, 0.1) is 12.8 Å². The van der Waals surface area contributed by atoms with Crippen LogP contribution in [-0.4, -0.2) is 25.2 Å². The van der Waals surface area contributed by atoms with Gasteiger partial charge in [-0.25, -0.2) is 0 Å². The molecule has 0 aromatic carbocycles. The van der Waals surface area contributed by atoms with Crippen LogP contribution in [0.3, 0.4) is 0 Å². The first-order valence-corrected chi connectivity index (χ1v) is 5.78. The number of aromatic nitrogens is 1. The van der Waals surface area contributed by atoms with E-state index in [0.29, 0.717) is 11.6 Å². The van der Waals surface area contributed by atoms with Crippen LogP contribution in [-0.2, 0) is 0 Å². The predicted octanol–water partition coefficient (Wildman–Crippen LogP) is 2.30. The van der Waals surface area contributed by atoms with Gasteiger partial charge in [-0.2, -0.15) is 4.98 Å². The quantitative estimate of drug-likeness (QED) is 0.804. The van der Waals surface area contributed by atoms with Gasteiger partial charge in [0.1, 0.15) is 0 Å². The van der Waals surface area contributed by atoms with Gasteiger partial charge in [-0.15, -0.1) is 0 Å². The molecular formula is C12H21N3O. The van der Waals surface area contributed by atoms with E-state index in [4.69, 9.17) is 10.5 Å². The monoisotopic (exact) mass is 223 g/mol. The van der Waals surface area contributed by atoms with Crippen molar-refractivity contribution < 1.29 is 4.74 Å². The van der Waals surface area contributed by atoms with Gasteiger partial charge >= 0.3 is 0 Å². The largest absolute Gasteiger partial charge is 0.481 e. The summed E-state index contributed by atoms with van der Waals surface area (Å²) in [5.41, 5.74) is 6.66. The summed E-state index contributed by atoms with van der Waals surface area (Å²) >= 11 is 0. The average molecular weight is 223 g/mol. The summed E-state index contributed by atoms with van der Waals surface area (Å²) in [7, 11) is 1.62. The minimum Gasteiger partial charge on any atom is -0.481 e. The van der Waals surface area contributed by atoms with E-state index in [9.17, 15) is 0 Å². The Labute approximate surface area is 97.4 Å². The third-order valence-electron chi connectivity index (χ3n) is 2.38. The summed E-state index contributed by atoms with van der Waals surface area (Å²) in [6.45, 7) is 6.24. The SMILES string of the molecule is CCCN(CCC)c1nc(OC)ccc1N. The topological polar surface area (TPSA) is 51.4 Å². The average Bonchev–Trinajstić information content (AvgIpc) is 2.29. The molecule has 4 heteroatoms. The Hall–Kier alpha value is -1.45. The van der Waals surface area contributed by atoms with Crippen molar-refractivity contribution in [3.63, 3.8) is 0 Å². The minimum absolute atomic E-state index is 0.612. The standard InChI is InChI=1S/C12H21N3O/c1-4-8-15(9-5-2)12-10(13)6-7-11(14-12)16-3/h6-7H,4-5,8-9,13H2,1-3H3. The van der Waals surface area contributed by atoms with Crippen LogP contribution in [0.25, 0.3) is 0 Å². The van der Waals surface area contributed by atoms with Gasteiger partial charge in [-0.1, -0.05) is 13.8 Å². The van der Waals surface area contributed by atoms with Crippen molar-refractivity contribution in [3.8, 4) is 5.88 Å². The Morgan fingerprint density at radius 1 is 1.25 bits per heavy atom. The first-order chi connectivity index (χ1) is 7.72. The van der Waals surface area contributed by atoms with Gasteiger partial charge in [0.25, 0.3) is 0 Å². The Balaban J connectivity index is 2.96. The highest BCUT2D eigenvalue weighted by atomic mass is 16.5. The highest BCUT2D eigenvalue weighted by Crippen LogP contribution is 2.24. The van der Waals surface area contributed by atoms with E-state index in [0.717, 1.165) is 31.7 Å². The maximum atomic E-state index is 5.95. The molecule has 90 valence electrons. The summed E-state index contributed by atoms with van der Waals surface area (Å²) in [6.07, 6.45) is 2.16. The Morgan fingerprint density at radius 2 is 1.88 bits per heavy atom. The molecule has 4 nitrogen and oxygen atoms in total. The second kappa shape index (κ2) is 6.20. The van der Waals surface area contributed by atoms with Gasteiger partial charge in [0.15, 0.2) is 5.82 Å². The molecule has 2 N–H and O–H groups in total. The maximum Gasteiger partial charge on any atom is 0.215 e. The summed E-state index contributed by atoms with van der Waals surface area (Å²) in [5, 5.41) is 0. The van der Waals surface area contributed by atoms with E-state index in [1.54, 1.807) is 13.2 Å². The number of nitrogens with zero attached hydrogens (tertiary/aromatic N) is 2. The van der Waals surface area contributed by atoms with Crippen LogP contribution >= 0.6 is 0 Å². The van der Waals surface area contributed by atoms with E-state index in [-0.39, 0.29) is 0 Å². The molecule has 0 aliphatic heterocycles. The molecule has 0 fully saturated rings. The zero-order valence-corrected chi connectivity index (χ0v) is 10.4. The lowest BCUT2D eigenvalue weighted by Gasteiger charge is -2.24. The fourth-order valence-corrected chi connectivity index (χ4v) is 1.67. The molecule has 0 aliphatic rings. The summed E-state index contributed by atoms with van der Waals surface area (Å²) < 4.78 is 5.12. The van der Waals surface area contributed by atoms with Crippen molar-refractivity contribution in [2.75, 3.05) is 30.8 Å². The van der Waals surface area contributed by atoms with Crippen molar-refractivity contribution in [3.05, 3.63) is 12.1 Å². The number of methoxy groups -OCH3 is 1. The number of hydrogen-bond donors (Lipinski definition) is 1. The number of anilines is 2. The molecule has 0 saturated carbocycles. The van der Waals surface area contributed by atoms with Crippen molar-refractivity contribution in [1.82, 2.24) is 4.98 Å². The smallest absolute Gasteiger partial charge is 0.215 e. The molecule has 0 aliphatic carbocycles. The second-order valence-corrected chi connectivity index (χ2v) is 3.75. The van der Waals surface area contributed by atoms with Crippen LogP contribution in [0.1, 0.15) is 26.7 Å². The molecule has 0 amide bonds. The third-order valence-corrected chi connectivity index (χ3v) is 2.38. The molecule has 0 unspecified atom stereocenters. The van der Waals surface area contributed by atoms with E-state index in [2.05, 4.69) is 23.7 Å². The van der Waals surface area contributed by atoms with Crippen molar-refractivity contribution in [1.29, 1.82) is 0 Å². The molecular weight excluding hydrogens is 202 g/mol. The van der Waals surface area contributed by atoms with Gasteiger partial charge in [-0.3, -0.25) is 0 Å². The predicted molar refractivity (Wildman–Crippen MR) is 68.0 cm³/mol. The third kappa shape index (κ3) is 3.02. The summed E-state index contributed by atoms with van der Waals surface area (Å²) in [6, 6.07) is 3.63. The van der Waals surface area contributed by atoms with Crippen LogP contribution in [0, 0.1) is 0 Å². The highest BCUT2D eigenvalue weighted by Gasteiger charge is 2.11. The zero-order chi connectivity index (χ0) is 12.0. The van der Waals surface area contributed by atoms with Crippen LogP contribution in [0.2, 0.25) is 0 Å². The number of ether oxygens (including phenoxy) is 1. The molecule has 0 atom stereocenters. The van der Waals surface area contributed by atoms with Crippen molar-refractivity contribution >= 4 is 11.5 Å². The van der Waals surface area contributed by atoms with E-state index in [1.807, 2.05) is 6.07 Å². The molecule has 0 saturated heterocycles. The second-order valence-electron chi connectivity index (χ2n) is 3.75. The first-order valence-electron chi connectivity index (χ1n) is 5.78. The first kappa shape index (κ1) is 12.6. The Kier molecular flexibility index (Phi) is 4.89. The Morgan fingerprint density at radius 3 is 2.38 bits per heavy atom. The lowest BCUT2D eigenvalue weighted by Crippen LogP contribution is -2.26. The number of nitrogen functional groups attached to an aromatic ring is 1. The van der Waals surface area contributed by atoms with Gasteiger partial charge in [-0.05, 0) is 18.9 Å². The molecule has 0 radical (unpaired) electrons. The molecule has 0 bridgehead atoms. The van der Waals surface area contributed by atoms with E-state index < -0.39 is 0 Å². The lowest BCUT2D eigenvalue weighted by atomic mass is 10.3. The molecule has 0 spiro atoms. The number of nitrogens with two attached hydrogens (primary N) is 1. The van der Waals surface area contributed by atoms with Gasteiger partial charge < -0.3 is 15.4 Å². The normalized spacial score (nSPS) is 10.2. The fourth-order valence-electron chi connectivity index (χ4n) is 1.67. The van der Waals surface area contributed by atoms with Crippen molar-refractivity contribution in [2.45, 2.75) is 26.7 Å². The molecule has 1 aromatic rings. The lowest BCUT2D eigenvalue weighted by molar-refractivity contribution is 0.398. The van der Waals surface area contributed by atoms with Crippen LogP contribution in [0.5, 0.6) is 5.88 Å². The minimum atomic E-state index is 0.612. The fraction of sp³-hybridized carbons (Fsp3) is 0.583. The van der Waals surface area contributed by atoms with Crippen LogP contribution in [0.15, 0.2) is 12.1 Å². The highest BCUT2D eigenvalue weighted by molar-refractivity contribution is 5.63. The number of rotatable bonds is 6. The summed E-state index contributed by atoms with van der Waals surface area (Å²) in [4.78, 5) is 6.61. The number of hydrogen-bond acceptors (Lipinski definition) is 4. The molecule has 1 heterocycles. The van der Waals surface area contributed by atoms with Gasteiger partial charge in [0, 0.05) is 19.2 Å². The van der Waals surface area contributed by atoms with Crippen molar-refractivity contribution in [2.24, 2.45) is 0 Å². The zero-order valence-electron chi connectivity index (χ0n) is 10.4. The molecule has 1 rings (SSSR count). The Bertz CT molecular complexity index is 322. The number of pyridine rings is 1. The van der Waals surface area contributed by atoms with Crippen LogP contribution in [0.4, 0.5) is 11.5 Å².